The van der Waals surface area contributed by atoms with Gasteiger partial charge in [0.15, 0.2) is 0 Å². The highest BCUT2D eigenvalue weighted by Crippen LogP contribution is 2.30. The predicted octanol–water partition coefficient (Wildman–Crippen LogP) is 3.80. The van der Waals surface area contributed by atoms with Crippen LogP contribution in [-0.2, 0) is 16.6 Å². The lowest BCUT2D eigenvalue weighted by molar-refractivity contribution is 0.413. The molecule has 0 saturated carbocycles. The van der Waals surface area contributed by atoms with Gasteiger partial charge in [0.1, 0.15) is 4.90 Å². The number of hydrogen-bond acceptors (Lipinski definition) is 4. The van der Waals surface area contributed by atoms with Crippen LogP contribution in [0.4, 0.5) is 0 Å². The molecule has 1 aromatic heterocycles. The number of aromatic nitrogens is 1. The summed E-state index contributed by atoms with van der Waals surface area (Å²) < 4.78 is 27.2. The molecule has 0 bridgehead atoms. The molecule has 0 fully saturated rings. The van der Waals surface area contributed by atoms with Crippen molar-refractivity contribution in [3.8, 4) is 6.07 Å². The summed E-state index contributed by atoms with van der Waals surface area (Å²) in [5.41, 5.74) is 1.34. The van der Waals surface area contributed by atoms with Crippen molar-refractivity contribution in [2.45, 2.75) is 24.8 Å². The third-order valence-electron chi connectivity index (χ3n) is 3.39. The Labute approximate surface area is 151 Å². The molecule has 1 aromatic carbocycles. The van der Waals surface area contributed by atoms with Crippen LogP contribution in [0.15, 0.2) is 41.6 Å². The summed E-state index contributed by atoms with van der Waals surface area (Å²) in [4.78, 5) is 3.97. The van der Waals surface area contributed by atoms with E-state index in [9.17, 15) is 8.42 Å². The summed E-state index contributed by atoms with van der Waals surface area (Å²) in [7, 11) is -3.88. The van der Waals surface area contributed by atoms with E-state index < -0.39 is 10.0 Å². The first-order valence-electron chi connectivity index (χ1n) is 7.08. The molecule has 8 heteroatoms. The van der Waals surface area contributed by atoms with Crippen LogP contribution >= 0.6 is 23.2 Å². The van der Waals surface area contributed by atoms with Crippen LogP contribution in [0.2, 0.25) is 10.0 Å². The summed E-state index contributed by atoms with van der Waals surface area (Å²) in [6.45, 7) is 1.88. The Kier molecular flexibility index (Phi) is 6.19. The van der Waals surface area contributed by atoms with Crippen molar-refractivity contribution in [3.05, 3.63) is 57.8 Å². The zero-order valence-electron chi connectivity index (χ0n) is 12.9. The maximum atomic E-state index is 13.0. The van der Waals surface area contributed by atoms with E-state index in [0.29, 0.717) is 10.6 Å². The molecule has 0 aliphatic carbocycles. The van der Waals surface area contributed by atoms with Crippen LogP contribution < -0.4 is 0 Å². The number of hydrogen-bond donors (Lipinski definition) is 0. The normalized spacial score (nSPS) is 11.5. The van der Waals surface area contributed by atoms with E-state index >= 15 is 0 Å². The van der Waals surface area contributed by atoms with Crippen LogP contribution in [0.25, 0.3) is 0 Å². The molecule has 1 heterocycles. The molecule has 0 saturated heterocycles. The number of nitrogens with zero attached hydrogens (tertiary/aromatic N) is 3. The van der Waals surface area contributed by atoms with Gasteiger partial charge in [0.05, 0.1) is 11.1 Å². The minimum atomic E-state index is -3.88. The Bertz CT molecular complexity index is 865. The molecule has 0 aliphatic rings. The molecule has 0 N–H and O–H groups in total. The highest BCUT2D eigenvalue weighted by atomic mass is 35.5. The van der Waals surface area contributed by atoms with Gasteiger partial charge < -0.3 is 0 Å². The minimum Gasteiger partial charge on any atom is -0.264 e. The van der Waals surface area contributed by atoms with Crippen LogP contribution in [-0.4, -0.2) is 24.3 Å². The molecule has 126 valence electrons. The fourth-order valence-electron chi connectivity index (χ4n) is 2.12. The Hall–Kier alpha value is -1.65. The number of rotatable bonds is 6. The van der Waals surface area contributed by atoms with Gasteiger partial charge >= 0.3 is 0 Å². The second-order valence-electron chi connectivity index (χ2n) is 5.14. The summed E-state index contributed by atoms with van der Waals surface area (Å²) in [5, 5.41) is 9.28. The molecule has 0 radical (unpaired) electrons. The molecule has 0 amide bonds. The maximum Gasteiger partial charge on any atom is 0.244 e. The van der Waals surface area contributed by atoms with E-state index in [4.69, 9.17) is 28.5 Å². The summed E-state index contributed by atoms with van der Waals surface area (Å²) >= 11 is 12.1. The van der Waals surface area contributed by atoms with Gasteiger partial charge in [-0.05, 0) is 36.2 Å². The van der Waals surface area contributed by atoms with E-state index in [1.54, 1.807) is 31.5 Å². The van der Waals surface area contributed by atoms with Crippen molar-refractivity contribution in [3.63, 3.8) is 0 Å². The van der Waals surface area contributed by atoms with E-state index in [1.165, 1.54) is 16.4 Å². The summed E-state index contributed by atoms with van der Waals surface area (Å²) in [6, 6.07) is 8.33. The summed E-state index contributed by atoms with van der Waals surface area (Å²) in [6.07, 6.45) is 3.27. The smallest absolute Gasteiger partial charge is 0.244 e. The standard InChI is InChI=1S/C16H15Cl2N3O2S/c1-12-8-16(15(18)9-14(12)17)24(22,23)21(7-3-5-19)11-13-4-2-6-20-10-13/h2,4,6,8-10H,3,7,11H2,1H3. The van der Waals surface area contributed by atoms with Crippen LogP contribution in [0.3, 0.4) is 0 Å². The molecule has 2 rings (SSSR count). The topological polar surface area (TPSA) is 74.1 Å². The number of halogens is 2. The number of benzene rings is 1. The first-order chi connectivity index (χ1) is 11.4. The number of sulfonamides is 1. The van der Waals surface area contributed by atoms with Crippen molar-refractivity contribution < 1.29 is 8.42 Å². The SMILES string of the molecule is Cc1cc(S(=O)(=O)N(CCC#N)Cc2cccnc2)c(Cl)cc1Cl. The maximum absolute atomic E-state index is 13.0. The molecular formula is C16H15Cl2N3O2S. The van der Waals surface area contributed by atoms with Crippen LogP contribution in [0, 0.1) is 18.3 Å². The van der Waals surface area contributed by atoms with Crippen molar-refractivity contribution in [2.24, 2.45) is 0 Å². The van der Waals surface area contributed by atoms with Crippen molar-refractivity contribution >= 4 is 33.2 Å². The highest BCUT2D eigenvalue weighted by Gasteiger charge is 2.27. The monoisotopic (exact) mass is 383 g/mol. The van der Waals surface area contributed by atoms with Gasteiger partial charge in [-0.3, -0.25) is 4.98 Å². The molecule has 24 heavy (non-hydrogen) atoms. The van der Waals surface area contributed by atoms with Crippen LogP contribution in [0.5, 0.6) is 0 Å². The largest absolute Gasteiger partial charge is 0.264 e. The molecular weight excluding hydrogens is 369 g/mol. The van der Waals surface area contributed by atoms with Gasteiger partial charge in [0.25, 0.3) is 0 Å². The molecule has 5 nitrogen and oxygen atoms in total. The van der Waals surface area contributed by atoms with Crippen molar-refractivity contribution in [1.29, 1.82) is 5.26 Å². The van der Waals surface area contributed by atoms with Gasteiger partial charge in [0, 0.05) is 36.9 Å². The fraction of sp³-hybridized carbons (Fsp3) is 0.250. The summed E-state index contributed by atoms with van der Waals surface area (Å²) in [5.74, 6) is 0. The van der Waals surface area contributed by atoms with Gasteiger partial charge in [-0.1, -0.05) is 29.3 Å². The molecule has 0 atom stereocenters. The van der Waals surface area contributed by atoms with E-state index in [2.05, 4.69) is 4.98 Å². The first-order valence-corrected chi connectivity index (χ1v) is 9.27. The Morgan fingerprint density at radius 1 is 1.29 bits per heavy atom. The Morgan fingerprint density at radius 3 is 2.67 bits per heavy atom. The lowest BCUT2D eigenvalue weighted by Crippen LogP contribution is -2.32. The zero-order valence-corrected chi connectivity index (χ0v) is 15.2. The average Bonchev–Trinajstić information content (AvgIpc) is 2.55. The third-order valence-corrected chi connectivity index (χ3v) is 6.10. The quantitative estimate of drug-likeness (QED) is 0.759. The molecule has 2 aromatic rings. The van der Waals surface area contributed by atoms with Gasteiger partial charge in [-0.2, -0.15) is 9.57 Å². The van der Waals surface area contributed by atoms with E-state index in [0.717, 1.165) is 5.56 Å². The first kappa shape index (κ1) is 18.7. The molecule has 0 spiro atoms. The van der Waals surface area contributed by atoms with Crippen molar-refractivity contribution in [1.82, 2.24) is 9.29 Å². The lowest BCUT2D eigenvalue weighted by Gasteiger charge is -2.22. The molecule has 0 unspecified atom stereocenters. The number of pyridine rings is 1. The highest BCUT2D eigenvalue weighted by molar-refractivity contribution is 7.89. The Morgan fingerprint density at radius 2 is 2.04 bits per heavy atom. The van der Waals surface area contributed by atoms with Gasteiger partial charge in [-0.15, -0.1) is 0 Å². The minimum absolute atomic E-state index is 0.0205. The van der Waals surface area contributed by atoms with Gasteiger partial charge in [-0.25, -0.2) is 8.42 Å². The third kappa shape index (κ3) is 4.25. The van der Waals surface area contributed by atoms with Gasteiger partial charge in [0.2, 0.25) is 10.0 Å². The second-order valence-corrected chi connectivity index (χ2v) is 7.86. The Balaban J connectivity index is 2.44. The number of aryl methyl sites for hydroxylation is 1. The van der Waals surface area contributed by atoms with Crippen molar-refractivity contribution in [2.75, 3.05) is 6.54 Å². The average molecular weight is 384 g/mol. The second kappa shape index (κ2) is 7.95. The number of nitriles is 1. The zero-order chi connectivity index (χ0) is 17.7. The van der Waals surface area contributed by atoms with Crippen LogP contribution in [0.1, 0.15) is 17.5 Å². The predicted molar refractivity (Wildman–Crippen MR) is 93.3 cm³/mol. The molecule has 0 aliphatic heterocycles. The lowest BCUT2D eigenvalue weighted by atomic mass is 10.2. The van der Waals surface area contributed by atoms with E-state index in [1.807, 2.05) is 6.07 Å². The van der Waals surface area contributed by atoms with E-state index in [-0.39, 0.29) is 29.4 Å². The fourth-order valence-corrected chi connectivity index (χ4v) is 4.36.